The molecule has 0 unspecified atom stereocenters. The third-order valence-electron chi connectivity index (χ3n) is 3.62. The second-order valence-corrected chi connectivity index (χ2v) is 5.83. The number of hydrogen-bond donors (Lipinski definition) is 1. The van der Waals surface area contributed by atoms with Gasteiger partial charge in [-0.05, 0) is 35.9 Å². The lowest BCUT2D eigenvalue weighted by atomic mass is 9.96. The second-order valence-electron chi connectivity index (χ2n) is 5.83. The summed E-state index contributed by atoms with van der Waals surface area (Å²) in [4.78, 5) is 12.4. The van der Waals surface area contributed by atoms with E-state index in [1.54, 1.807) is 0 Å². The number of carbonyl (C=O) groups excluding carboxylic acids is 1. The van der Waals surface area contributed by atoms with Crippen LogP contribution in [0.5, 0.6) is 5.75 Å². The monoisotopic (exact) mass is 311 g/mol. The van der Waals surface area contributed by atoms with E-state index < -0.39 is 0 Å². The Morgan fingerprint density at radius 2 is 1.83 bits per heavy atom. The molecule has 3 heteroatoms. The van der Waals surface area contributed by atoms with E-state index in [-0.39, 0.29) is 11.7 Å². The first-order chi connectivity index (χ1) is 11.1. The Labute approximate surface area is 138 Å². The van der Waals surface area contributed by atoms with Crippen LogP contribution in [0, 0.1) is 5.92 Å². The fourth-order valence-corrected chi connectivity index (χ4v) is 2.37. The van der Waals surface area contributed by atoms with Crippen LogP contribution in [0.4, 0.5) is 0 Å². The molecule has 0 heterocycles. The molecule has 0 aliphatic rings. The van der Waals surface area contributed by atoms with Crippen LogP contribution < -0.4 is 10.1 Å². The molecule has 0 spiro atoms. The van der Waals surface area contributed by atoms with Gasteiger partial charge in [0.15, 0.2) is 5.78 Å². The molecule has 0 atom stereocenters. The topological polar surface area (TPSA) is 38.3 Å². The van der Waals surface area contributed by atoms with E-state index in [9.17, 15) is 4.79 Å². The minimum Gasteiger partial charge on any atom is -0.492 e. The molecule has 0 aliphatic carbocycles. The lowest BCUT2D eigenvalue weighted by Crippen LogP contribution is -2.20. The van der Waals surface area contributed by atoms with Crippen molar-refractivity contribution in [3.05, 3.63) is 54.1 Å². The highest BCUT2D eigenvalue weighted by atomic mass is 16.5. The van der Waals surface area contributed by atoms with Gasteiger partial charge in [0.2, 0.25) is 0 Å². The highest BCUT2D eigenvalue weighted by Crippen LogP contribution is 2.27. The van der Waals surface area contributed by atoms with E-state index in [0.717, 1.165) is 30.0 Å². The molecule has 0 bridgehead atoms. The summed E-state index contributed by atoms with van der Waals surface area (Å²) in [6, 6.07) is 15.9. The van der Waals surface area contributed by atoms with Crippen LogP contribution in [0.1, 0.15) is 31.1 Å². The van der Waals surface area contributed by atoms with Gasteiger partial charge < -0.3 is 10.1 Å². The quantitative estimate of drug-likeness (QED) is 0.587. The number of hydrogen-bond acceptors (Lipinski definition) is 3. The van der Waals surface area contributed by atoms with Gasteiger partial charge in [0, 0.05) is 18.0 Å². The Kier molecular flexibility index (Phi) is 6.36. The summed E-state index contributed by atoms with van der Waals surface area (Å²) < 4.78 is 5.83. The number of ether oxygens (including phenoxy) is 1. The van der Waals surface area contributed by atoms with Gasteiger partial charge in [-0.25, -0.2) is 0 Å². The summed E-state index contributed by atoms with van der Waals surface area (Å²) in [5.74, 6) is 0.850. The number of likely N-dealkylation sites (N-methyl/N-ethyl adjacent to an activating group) is 1. The lowest BCUT2D eigenvalue weighted by Gasteiger charge is -2.12. The van der Waals surface area contributed by atoms with E-state index in [2.05, 4.69) is 12.2 Å². The van der Waals surface area contributed by atoms with E-state index in [4.69, 9.17) is 4.74 Å². The molecular formula is C20H25NO2. The summed E-state index contributed by atoms with van der Waals surface area (Å²) >= 11 is 0. The number of Topliss-reactive ketones (excluding diaryl/α,β-unsaturated/α-hetero) is 1. The predicted molar refractivity (Wildman–Crippen MR) is 95.1 cm³/mol. The van der Waals surface area contributed by atoms with Crippen LogP contribution in [-0.4, -0.2) is 25.5 Å². The number of carbonyl (C=O) groups is 1. The van der Waals surface area contributed by atoms with Crippen molar-refractivity contribution in [2.45, 2.75) is 20.8 Å². The average molecular weight is 311 g/mol. The first-order valence-electron chi connectivity index (χ1n) is 8.20. The van der Waals surface area contributed by atoms with Gasteiger partial charge in [-0.15, -0.1) is 0 Å². The maximum atomic E-state index is 12.4. The van der Waals surface area contributed by atoms with E-state index >= 15 is 0 Å². The molecule has 2 rings (SSSR count). The van der Waals surface area contributed by atoms with Crippen molar-refractivity contribution in [2.75, 3.05) is 19.7 Å². The standard InChI is InChI=1S/C20H25NO2/c1-4-21-10-11-23-19-13-17(16-8-6-5-7-9-16)12-18(14-19)20(22)15(2)3/h5-9,12-15,21H,4,10-11H2,1-3H3. The van der Waals surface area contributed by atoms with Gasteiger partial charge in [-0.2, -0.15) is 0 Å². The van der Waals surface area contributed by atoms with Crippen LogP contribution in [0.3, 0.4) is 0 Å². The molecule has 2 aromatic carbocycles. The zero-order chi connectivity index (χ0) is 16.7. The minimum atomic E-state index is -0.0318. The summed E-state index contributed by atoms with van der Waals surface area (Å²) in [6.45, 7) is 8.20. The highest BCUT2D eigenvalue weighted by Gasteiger charge is 2.13. The van der Waals surface area contributed by atoms with E-state index in [1.807, 2.05) is 62.4 Å². The van der Waals surface area contributed by atoms with Crippen LogP contribution >= 0.6 is 0 Å². The summed E-state index contributed by atoms with van der Waals surface area (Å²) in [5, 5.41) is 3.23. The van der Waals surface area contributed by atoms with Gasteiger partial charge in [-0.3, -0.25) is 4.79 Å². The molecule has 0 amide bonds. The van der Waals surface area contributed by atoms with E-state index in [1.165, 1.54) is 0 Å². The summed E-state index contributed by atoms with van der Waals surface area (Å²) in [5.41, 5.74) is 2.80. The van der Waals surface area contributed by atoms with Crippen LogP contribution in [0.2, 0.25) is 0 Å². The largest absolute Gasteiger partial charge is 0.492 e. The van der Waals surface area contributed by atoms with Crippen LogP contribution in [-0.2, 0) is 0 Å². The normalized spacial score (nSPS) is 10.8. The molecular weight excluding hydrogens is 286 g/mol. The average Bonchev–Trinajstić information content (AvgIpc) is 2.58. The SMILES string of the molecule is CCNCCOc1cc(C(=O)C(C)C)cc(-c2ccccc2)c1. The fraction of sp³-hybridized carbons (Fsp3) is 0.350. The van der Waals surface area contributed by atoms with Gasteiger partial charge >= 0.3 is 0 Å². The van der Waals surface area contributed by atoms with Crippen molar-refractivity contribution in [3.8, 4) is 16.9 Å². The molecule has 0 radical (unpaired) electrons. The van der Waals surface area contributed by atoms with Crippen molar-refractivity contribution in [1.82, 2.24) is 5.32 Å². The van der Waals surface area contributed by atoms with Crippen molar-refractivity contribution >= 4 is 5.78 Å². The zero-order valence-corrected chi connectivity index (χ0v) is 14.1. The smallest absolute Gasteiger partial charge is 0.165 e. The molecule has 122 valence electrons. The predicted octanol–water partition coefficient (Wildman–Crippen LogP) is 4.18. The van der Waals surface area contributed by atoms with Crippen molar-refractivity contribution in [3.63, 3.8) is 0 Å². The Bertz CT molecular complexity index is 635. The van der Waals surface area contributed by atoms with Gasteiger partial charge in [0.1, 0.15) is 12.4 Å². The first-order valence-corrected chi connectivity index (χ1v) is 8.20. The Hall–Kier alpha value is -2.13. The Morgan fingerprint density at radius 1 is 1.09 bits per heavy atom. The highest BCUT2D eigenvalue weighted by molar-refractivity contribution is 5.99. The lowest BCUT2D eigenvalue weighted by molar-refractivity contribution is 0.0939. The first kappa shape index (κ1) is 17.2. The maximum Gasteiger partial charge on any atom is 0.165 e. The second kappa shape index (κ2) is 8.49. The summed E-state index contributed by atoms with van der Waals surface area (Å²) in [6.07, 6.45) is 0. The molecule has 0 saturated carbocycles. The molecule has 0 aliphatic heterocycles. The van der Waals surface area contributed by atoms with E-state index in [0.29, 0.717) is 12.2 Å². The Balaban J connectivity index is 2.30. The van der Waals surface area contributed by atoms with Crippen molar-refractivity contribution < 1.29 is 9.53 Å². The third-order valence-corrected chi connectivity index (χ3v) is 3.62. The molecule has 0 fully saturated rings. The molecule has 23 heavy (non-hydrogen) atoms. The zero-order valence-electron chi connectivity index (χ0n) is 14.1. The number of nitrogens with one attached hydrogen (secondary N) is 1. The molecule has 3 nitrogen and oxygen atoms in total. The fourth-order valence-electron chi connectivity index (χ4n) is 2.37. The molecule has 0 aromatic heterocycles. The number of benzene rings is 2. The van der Waals surface area contributed by atoms with Crippen molar-refractivity contribution in [1.29, 1.82) is 0 Å². The third kappa shape index (κ3) is 4.93. The molecule has 2 aromatic rings. The van der Waals surface area contributed by atoms with Gasteiger partial charge in [-0.1, -0.05) is 51.1 Å². The van der Waals surface area contributed by atoms with Crippen LogP contribution in [0.25, 0.3) is 11.1 Å². The van der Waals surface area contributed by atoms with Crippen LogP contribution in [0.15, 0.2) is 48.5 Å². The molecule has 1 N–H and O–H groups in total. The minimum absolute atomic E-state index is 0.0318. The van der Waals surface area contributed by atoms with Gasteiger partial charge in [0.05, 0.1) is 0 Å². The number of ketones is 1. The maximum absolute atomic E-state index is 12.4. The number of rotatable bonds is 8. The van der Waals surface area contributed by atoms with Crippen molar-refractivity contribution in [2.24, 2.45) is 5.92 Å². The molecule has 0 saturated heterocycles. The van der Waals surface area contributed by atoms with Gasteiger partial charge in [0.25, 0.3) is 0 Å². The Morgan fingerprint density at radius 3 is 2.48 bits per heavy atom. The summed E-state index contributed by atoms with van der Waals surface area (Å²) in [7, 11) is 0.